The molecule has 0 bridgehead atoms. The topological polar surface area (TPSA) is 78.5 Å². The first kappa shape index (κ1) is 20.4. The number of nitrogens with one attached hydrogen (secondary N) is 1. The Bertz CT molecular complexity index is 923. The number of fused-ring (bicyclic) bond motifs is 1. The lowest BCUT2D eigenvalue weighted by Crippen LogP contribution is -2.68. The number of carbonyl (C=O) groups excluding carboxylic acids is 2. The van der Waals surface area contributed by atoms with E-state index >= 15 is 0 Å². The summed E-state index contributed by atoms with van der Waals surface area (Å²) < 4.78 is 5.49. The number of carbonyl (C=O) groups is 2. The summed E-state index contributed by atoms with van der Waals surface area (Å²) in [5.41, 5.74) is 1.80. The summed E-state index contributed by atoms with van der Waals surface area (Å²) in [6.07, 6.45) is 3.67. The standard InChI is InChI=1S/C23H30N4O3/c1-4-30-18-10-8-17(9-11-18)19-15-20(25-24-19)22(29)27-14-5-7-21-23(27,3)12-6-13-26(21)16(2)28/h8-11,15,21H,4-7,12-14H2,1-3H3,(H,24,25)/t21-,23+/m1/s1. The number of H-pyrrole nitrogens is 1. The largest absolute Gasteiger partial charge is 0.494 e. The summed E-state index contributed by atoms with van der Waals surface area (Å²) in [6.45, 7) is 7.82. The van der Waals surface area contributed by atoms with Crippen LogP contribution >= 0.6 is 0 Å². The van der Waals surface area contributed by atoms with Gasteiger partial charge in [-0.3, -0.25) is 14.7 Å². The van der Waals surface area contributed by atoms with E-state index in [1.807, 2.05) is 47.1 Å². The van der Waals surface area contributed by atoms with Gasteiger partial charge >= 0.3 is 0 Å². The molecule has 2 aliphatic rings. The van der Waals surface area contributed by atoms with E-state index in [0.29, 0.717) is 18.8 Å². The molecule has 2 aliphatic heterocycles. The number of aromatic amines is 1. The Labute approximate surface area is 177 Å². The van der Waals surface area contributed by atoms with Gasteiger partial charge in [-0.2, -0.15) is 5.10 Å². The fourth-order valence-corrected chi connectivity index (χ4v) is 5.07. The minimum absolute atomic E-state index is 0.0442. The highest BCUT2D eigenvalue weighted by Gasteiger charge is 2.50. The van der Waals surface area contributed by atoms with Crippen LogP contribution in [0.2, 0.25) is 0 Å². The van der Waals surface area contributed by atoms with Crippen molar-refractivity contribution >= 4 is 11.8 Å². The number of hydrogen-bond donors (Lipinski definition) is 1. The monoisotopic (exact) mass is 410 g/mol. The van der Waals surface area contributed by atoms with Crippen LogP contribution in [0.4, 0.5) is 0 Å². The normalized spacial score (nSPS) is 23.8. The number of rotatable bonds is 4. The third-order valence-electron chi connectivity index (χ3n) is 6.57. The number of benzene rings is 1. The lowest BCUT2D eigenvalue weighted by atomic mass is 9.76. The van der Waals surface area contributed by atoms with E-state index < -0.39 is 0 Å². The number of piperidine rings is 2. The van der Waals surface area contributed by atoms with Gasteiger partial charge in [-0.15, -0.1) is 0 Å². The minimum Gasteiger partial charge on any atom is -0.494 e. The third-order valence-corrected chi connectivity index (χ3v) is 6.57. The number of ether oxygens (including phenoxy) is 1. The molecule has 1 aromatic carbocycles. The second-order valence-electron chi connectivity index (χ2n) is 8.41. The molecule has 2 fully saturated rings. The van der Waals surface area contributed by atoms with E-state index in [9.17, 15) is 9.59 Å². The first-order chi connectivity index (χ1) is 14.4. The van der Waals surface area contributed by atoms with Crippen LogP contribution in [0.25, 0.3) is 11.3 Å². The van der Waals surface area contributed by atoms with Crippen molar-refractivity contribution in [3.63, 3.8) is 0 Å². The molecule has 2 aromatic rings. The Morgan fingerprint density at radius 2 is 2.00 bits per heavy atom. The molecule has 1 N–H and O–H groups in total. The van der Waals surface area contributed by atoms with Crippen molar-refractivity contribution < 1.29 is 14.3 Å². The minimum atomic E-state index is -0.344. The Hall–Kier alpha value is -2.83. The first-order valence-corrected chi connectivity index (χ1v) is 10.8. The molecule has 2 saturated heterocycles. The van der Waals surface area contributed by atoms with Crippen LogP contribution in [0.5, 0.6) is 5.75 Å². The van der Waals surface area contributed by atoms with Crippen LogP contribution in [-0.2, 0) is 4.79 Å². The van der Waals surface area contributed by atoms with E-state index in [0.717, 1.165) is 49.2 Å². The van der Waals surface area contributed by atoms with Crippen LogP contribution < -0.4 is 4.74 Å². The van der Waals surface area contributed by atoms with Gasteiger partial charge in [-0.05, 0) is 69.9 Å². The van der Waals surface area contributed by atoms with Crippen molar-refractivity contribution in [2.45, 2.75) is 58.0 Å². The number of aromatic nitrogens is 2. The maximum absolute atomic E-state index is 13.5. The third kappa shape index (κ3) is 3.57. The molecule has 1 aromatic heterocycles. The van der Waals surface area contributed by atoms with Crippen molar-refractivity contribution in [3.8, 4) is 17.0 Å². The average Bonchev–Trinajstić information content (AvgIpc) is 3.23. The molecule has 0 aliphatic carbocycles. The molecule has 0 saturated carbocycles. The van der Waals surface area contributed by atoms with E-state index in [1.54, 1.807) is 6.92 Å². The van der Waals surface area contributed by atoms with Gasteiger partial charge in [-0.25, -0.2) is 0 Å². The van der Waals surface area contributed by atoms with Gasteiger partial charge in [0.25, 0.3) is 5.91 Å². The highest BCUT2D eigenvalue weighted by atomic mass is 16.5. The summed E-state index contributed by atoms with van der Waals surface area (Å²) in [4.78, 5) is 29.5. The summed E-state index contributed by atoms with van der Waals surface area (Å²) in [5, 5.41) is 7.30. The number of hydrogen-bond acceptors (Lipinski definition) is 4. The zero-order valence-electron chi connectivity index (χ0n) is 18.0. The zero-order chi connectivity index (χ0) is 21.3. The molecule has 30 heavy (non-hydrogen) atoms. The average molecular weight is 411 g/mol. The first-order valence-electron chi connectivity index (χ1n) is 10.8. The summed E-state index contributed by atoms with van der Waals surface area (Å²) in [7, 11) is 0. The van der Waals surface area contributed by atoms with E-state index in [-0.39, 0.29) is 23.4 Å². The van der Waals surface area contributed by atoms with Crippen LogP contribution in [0.15, 0.2) is 30.3 Å². The number of amides is 2. The molecule has 0 spiro atoms. The van der Waals surface area contributed by atoms with Gasteiger partial charge in [0, 0.05) is 25.6 Å². The van der Waals surface area contributed by atoms with Gasteiger partial charge in [0.2, 0.25) is 5.91 Å². The Kier molecular flexibility index (Phi) is 5.54. The predicted molar refractivity (Wildman–Crippen MR) is 114 cm³/mol. The lowest BCUT2D eigenvalue weighted by Gasteiger charge is -2.56. The van der Waals surface area contributed by atoms with Gasteiger partial charge < -0.3 is 14.5 Å². The lowest BCUT2D eigenvalue weighted by molar-refractivity contribution is -0.140. The fourth-order valence-electron chi connectivity index (χ4n) is 5.07. The fraction of sp³-hybridized carbons (Fsp3) is 0.522. The Morgan fingerprint density at radius 3 is 2.70 bits per heavy atom. The molecule has 3 heterocycles. The molecule has 7 heteroatoms. The van der Waals surface area contributed by atoms with E-state index in [2.05, 4.69) is 17.1 Å². The van der Waals surface area contributed by atoms with E-state index in [4.69, 9.17) is 4.74 Å². The molecule has 4 rings (SSSR count). The molecule has 0 radical (unpaired) electrons. The maximum Gasteiger partial charge on any atom is 0.272 e. The quantitative estimate of drug-likeness (QED) is 0.837. The number of nitrogens with zero attached hydrogens (tertiary/aromatic N) is 3. The number of likely N-dealkylation sites (tertiary alicyclic amines) is 2. The van der Waals surface area contributed by atoms with Crippen LogP contribution in [0.3, 0.4) is 0 Å². The Morgan fingerprint density at radius 1 is 1.23 bits per heavy atom. The zero-order valence-corrected chi connectivity index (χ0v) is 18.0. The second kappa shape index (κ2) is 8.13. The van der Waals surface area contributed by atoms with Crippen LogP contribution in [0.1, 0.15) is 56.9 Å². The van der Waals surface area contributed by atoms with Crippen molar-refractivity contribution in [1.82, 2.24) is 20.0 Å². The van der Waals surface area contributed by atoms with Gasteiger partial charge in [0.15, 0.2) is 0 Å². The van der Waals surface area contributed by atoms with Crippen LogP contribution in [-0.4, -0.2) is 63.1 Å². The Balaban J connectivity index is 1.56. The van der Waals surface area contributed by atoms with Crippen molar-refractivity contribution in [1.29, 1.82) is 0 Å². The summed E-state index contributed by atoms with van der Waals surface area (Å²) in [6, 6.07) is 9.60. The second-order valence-corrected chi connectivity index (χ2v) is 8.41. The SMILES string of the molecule is CCOc1ccc(-c2cc(C(=O)N3CCC[C@H]4N(C(C)=O)CCC[C@@]43C)[nH]n2)cc1. The van der Waals surface area contributed by atoms with Gasteiger partial charge in [-0.1, -0.05) is 0 Å². The van der Waals surface area contributed by atoms with Crippen molar-refractivity contribution in [2.24, 2.45) is 0 Å². The predicted octanol–water partition coefficient (Wildman–Crippen LogP) is 3.48. The maximum atomic E-state index is 13.5. The van der Waals surface area contributed by atoms with Crippen molar-refractivity contribution in [2.75, 3.05) is 19.7 Å². The highest BCUT2D eigenvalue weighted by molar-refractivity contribution is 5.94. The molecule has 7 nitrogen and oxygen atoms in total. The smallest absolute Gasteiger partial charge is 0.272 e. The molecule has 160 valence electrons. The molecule has 0 unspecified atom stereocenters. The van der Waals surface area contributed by atoms with Gasteiger partial charge in [0.05, 0.1) is 23.9 Å². The summed E-state index contributed by atoms with van der Waals surface area (Å²) >= 11 is 0. The molecule has 2 amide bonds. The van der Waals surface area contributed by atoms with E-state index in [1.165, 1.54) is 0 Å². The van der Waals surface area contributed by atoms with Gasteiger partial charge in [0.1, 0.15) is 11.4 Å². The highest BCUT2D eigenvalue weighted by Crippen LogP contribution is 2.40. The molecular weight excluding hydrogens is 380 g/mol. The summed E-state index contributed by atoms with van der Waals surface area (Å²) in [5.74, 6) is 0.865. The van der Waals surface area contributed by atoms with Crippen LogP contribution in [0, 0.1) is 0 Å². The molecular formula is C23H30N4O3. The van der Waals surface area contributed by atoms with Crippen molar-refractivity contribution in [3.05, 3.63) is 36.0 Å². The molecule has 2 atom stereocenters.